The van der Waals surface area contributed by atoms with E-state index >= 15 is 0 Å². The van der Waals surface area contributed by atoms with Gasteiger partial charge < -0.3 is 14.8 Å². The van der Waals surface area contributed by atoms with E-state index in [0.717, 1.165) is 11.1 Å². The van der Waals surface area contributed by atoms with Crippen LogP contribution >= 0.6 is 11.6 Å². The molecule has 0 unspecified atom stereocenters. The first-order valence-electron chi connectivity index (χ1n) is 7.54. The molecule has 6 heteroatoms. The van der Waals surface area contributed by atoms with Gasteiger partial charge in [-0.3, -0.25) is 4.79 Å². The molecule has 0 saturated heterocycles. The van der Waals surface area contributed by atoms with Gasteiger partial charge in [0.05, 0.1) is 22.5 Å². The third kappa shape index (κ3) is 3.13. The lowest BCUT2D eigenvalue weighted by Crippen LogP contribution is -2.11. The predicted molar refractivity (Wildman–Crippen MR) is 94.9 cm³/mol. The lowest BCUT2D eigenvalue weighted by Gasteiger charge is -2.09. The van der Waals surface area contributed by atoms with Crippen molar-refractivity contribution in [2.45, 2.75) is 13.8 Å². The summed E-state index contributed by atoms with van der Waals surface area (Å²) in [6.45, 7) is 3.95. The smallest absolute Gasteiger partial charge is 0.259 e. The average molecular weight is 345 g/mol. The molecule has 0 amide bonds. The number of hydrogen-bond acceptors (Lipinski definition) is 4. The molecule has 0 saturated carbocycles. The molecule has 124 valence electrons. The van der Waals surface area contributed by atoms with Crippen LogP contribution in [0.25, 0.3) is 22.3 Å². The van der Waals surface area contributed by atoms with Crippen LogP contribution in [-0.2, 0) is 0 Å². The van der Waals surface area contributed by atoms with Crippen LogP contribution in [0.3, 0.4) is 0 Å². The predicted octanol–water partition coefficient (Wildman–Crippen LogP) is 3.23. The summed E-state index contributed by atoms with van der Waals surface area (Å²) in [7, 11) is 0. The first kappa shape index (κ1) is 16.5. The number of aliphatic hydroxyl groups is 1. The van der Waals surface area contributed by atoms with E-state index in [1.165, 1.54) is 0 Å². The van der Waals surface area contributed by atoms with Gasteiger partial charge >= 0.3 is 0 Å². The number of nitrogens with one attached hydrogen (secondary N) is 1. The Morgan fingerprint density at radius 1 is 1.25 bits per heavy atom. The van der Waals surface area contributed by atoms with Gasteiger partial charge in [-0.15, -0.1) is 0 Å². The zero-order valence-corrected chi connectivity index (χ0v) is 14.1. The molecule has 3 rings (SSSR count). The van der Waals surface area contributed by atoms with Gasteiger partial charge in [0.1, 0.15) is 18.2 Å². The maximum atomic E-state index is 12.4. The number of ether oxygens (including phenoxy) is 1. The van der Waals surface area contributed by atoms with Gasteiger partial charge in [0.2, 0.25) is 0 Å². The van der Waals surface area contributed by atoms with E-state index in [9.17, 15) is 4.79 Å². The molecule has 1 heterocycles. The second-order valence-electron chi connectivity index (χ2n) is 5.61. The Balaban J connectivity index is 2.10. The van der Waals surface area contributed by atoms with Crippen molar-refractivity contribution in [3.8, 4) is 17.1 Å². The molecule has 0 aliphatic carbocycles. The second kappa shape index (κ2) is 6.63. The Hall–Kier alpha value is -2.37. The van der Waals surface area contributed by atoms with E-state index < -0.39 is 0 Å². The first-order chi connectivity index (χ1) is 11.5. The summed E-state index contributed by atoms with van der Waals surface area (Å²) >= 11 is 6.20. The van der Waals surface area contributed by atoms with Crippen LogP contribution in [-0.4, -0.2) is 28.3 Å². The Bertz CT molecular complexity index is 966. The minimum Gasteiger partial charge on any atom is -0.490 e. The quantitative estimate of drug-likeness (QED) is 0.762. The largest absolute Gasteiger partial charge is 0.490 e. The van der Waals surface area contributed by atoms with E-state index in [-0.39, 0.29) is 18.8 Å². The van der Waals surface area contributed by atoms with E-state index in [1.54, 1.807) is 18.2 Å². The molecule has 24 heavy (non-hydrogen) atoms. The highest BCUT2D eigenvalue weighted by atomic mass is 35.5. The van der Waals surface area contributed by atoms with Crippen LogP contribution in [0.2, 0.25) is 5.02 Å². The fraction of sp³-hybridized carbons (Fsp3) is 0.222. The highest BCUT2D eigenvalue weighted by Crippen LogP contribution is 2.29. The molecule has 0 radical (unpaired) electrons. The number of fused-ring (bicyclic) bond motifs is 1. The number of H-pyrrole nitrogens is 1. The number of halogens is 1. The zero-order valence-electron chi connectivity index (χ0n) is 13.4. The van der Waals surface area contributed by atoms with Crippen LogP contribution in [0.15, 0.2) is 35.1 Å². The number of aromatic nitrogens is 2. The molecule has 0 aliphatic rings. The minimum atomic E-state index is -0.177. The lowest BCUT2D eigenvalue weighted by atomic mass is 10.1. The molecule has 0 fully saturated rings. The van der Waals surface area contributed by atoms with Gasteiger partial charge in [0, 0.05) is 5.56 Å². The molecular weight excluding hydrogens is 328 g/mol. The van der Waals surface area contributed by atoms with Crippen LogP contribution in [0.4, 0.5) is 0 Å². The maximum absolute atomic E-state index is 12.4. The van der Waals surface area contributed by atoms with E-state index in [2.05, 4.69) is 9.97 Å². The molecule has 2 N–H and O–H groups in total. The van der Waals surface area contributed by atoms with Crippen molar-refractivity contribution in [3.63, 3.8) is 0 Å². The molecule has 0 aliphatic heterocycles. The van der Waals surface area contributed by atoms with Crippen molar-refractivity contribution in [3.05, 3.63) is 56.8 Å². The molecular formula is C18H17ClN2O3. The van der Waals surface area contributed by atoms with Crippen molar-refractivity contribution in [1.82, 2.24) is 9.97 Å². The van der Waals surface area contributed by atoms with Crippen LogP contribution in [0.5, 0.6) is 5.75 Å². The van der Waals surface area contributed by atoms with Crippen molar-refractivity contribution in [2.75, 3.05) is 13.2 Å². The fourth-order valence-electron chi connectivity index (χ4n) is 2.70. The average Bonchev–Trinajstić information content (AvgIpc) is 2.52. The molecule has 0 spiro atoms. The fourth-order valence-corrected chi connectivity index (χ4v) is 2.94. The van der Waals surface area contributed by atoms with Crippen molar-refractivity contribution < 1.29 is 9.84 Å². The Morgan fingerprint density at radius 2 is 2.04 bits per heavy atom. The number of nitrogens with zero attached hydrogens (tertiary/aromatic N) is 1. The summed E-state index contributed by atoms with van der Waals surface area (Å²) in [6, 6.07) is 9.00. The minimum absolute atomic E-state index is 0.0870. The molecule has 0 bridgehead atoms. The van der Waals surface area contributed by atoms with Crippen LogP contribution in [0.1, 0.15) is 11.1 Å². The maximum Gasteiger partial charge on any atom is 0.259 e. The van der Waals surface area contributed by atoms with E-state index in [4.69, 9.17) is 21.4 Å². The molecule has 0 atom stereocenters. The Kier molecular flexibility index (Phi) is 4.55. The van der Waals surface area contributed by atoms with Gasteiger partial charge in [-0.2, -0.15) is 0 Å². The van der Waals surface area contributed by atoms with Crippen molar-refractivity contribution in [2.24, 2.45) is 0 Å². The summed E-state index contributed by atoms with van der Waals surface area (Å²) in [5, 5.41) is 9.80. The van der Waals surface area contributed by atoms with Gasteiger partial charge in [-0.1, -0.05) is 17.7 Å². The summed E-state index contributed by atoms with van der Waals surface area (Å²) in [6.07, 6.45) is 0. The normalized spacial score (nSPS) is 11.0. The monoisotopic (exact) mass is 344 g/mol. The lowest BCUT2D eigenvalue weighted by molar-refractivity contribution is 0.201. The molecule has 3 aromatic rings. The third-order valence-electron chi connectivity index (χ3n) is 3.70. The van der Waals surface area contributed by atoms with Crippen LogP contribution in [0, 0.1) is 13.8 Å². The SMILES string of the molecule is Cc1cc(C)c2c(=O)[nH]c(-c3ccc(OCCO)c(Cl)c3)nc2c1. The van der Waals surface area contributed by atoms with E-state index in [1.807, 2.05) is 26.0 Å². The Labute approximate surface area is 143 Å². The van der Waals surface area contributed by atoms with E-state index in [0.29, 0.717) is 33.1 Å². The summed E-state index contributed by atoms with van der Waals surface area (Å²) in [5.41, 5.74) is 3.12. The highest BCUT2D eigenvalue weighted by Gasteiger charge is 2.11. The summed E-state index contributed by atoms with van der Waals surface area (Å²) in [5.74, 6) is 0.928. The molecule has 5 nitrogen and oxygen atoms in total. The molecule has 2 aromatic carbocycles. The van der Waals surface area contributed by atoms with Gasteiger partial charge in [0.15, 0.2) is 0 Å². The standard InChI is InChI=1S/C18H17ClN2O3/c1-10-7-11(2)16-14(8-10)20-17(21-18(16)23)12-3-4-15(13(19)9-12)24-6-5-22/h3-4,7-9,22H,5-6H2,1-2H3,(H,20,21,23). The Morgan fingerprint density at radius 3 is 2.75 bits per heavy atom. The number of rotatable bonds is 4. The van der Waals surface area contributed by atoms with Gasteiger partial charge in [0.25, 0.3) is 5.56 Å². The first-order valence-corrected chi connectivity index (χ1v) is 7.92. The number of aryl methyl sites for hydroxylation is 2. The summed E-state index contributed by atoms with van der Waals surface area (Å²) < 4.78 is 5.33. The van der Waals surface area contributed by atoms with Crippen LogP contribution < -0.4 is 10.3 Å². The second-order valence-corrected chi connectivity index (χ2v) is 6.01. The number of hydrogen-bond donors (Lipinski definition) is 2. The third-order valence-corrected chi connectivity index (χ3v) is 4.00. The molecule has 1 aromatic heterocycles. The van der Waals surface area contributed by atoms with Gasteiger partial charge in [-0.25, -0.2) is 4.98 Å². The van der Waals surface area contributed by atoms with Crippen molar-refractivity contribution in [1.29, 1.82) is 0 Å². The highest BCUT2D eigenvalue weighted by molar-refractivity contribution is 6.32. The van der Waals surface area contributed by atoms with Crippen molar-refractivity contribution >= 4 is 22.5 Å². The van der Waals surface area contributed by atoms with Gasteiger partial charge in [-0.05, 0) is 49.2 Å². The topological polar surface area (TPSA) is 75.2 Å². The zero-order chi connectivity index (χ0) is 17.3. The number of aliphatic hydroxyl groups excluding tert-OH is 1. The number of benzene rings is 2. The summed E-state index contributed by atoms with van der Waals surface area (Å²) in [4.78, 5) is 19.8. The number of aromatic amines is 1.